The number of sulfone groups is 1. The van der Waals surface area contributed by atoms with Crippen LogP contribution in [-0.4, -0.2) is 42.1 Å². The van der Waals surface area contributed by atoms with Crippen LogP contribution in [0.25, 0.3) is 0 Å². The number of hydrogen-bond donors (Lipinski definition) is 2. The first kappa shape index (κ1) is 22.1. The Morgan fingerprint density at radius 1 is 1.11 bits per heavy atom. The van der Waals surface area contributed by atoms with Gasteiger partial charge < -0.3 is 5.32 Å². The fourth-order valence-electron chi connectivity index (χ4n) is 3.11. The lowest BCUT2D eigenvalue weighted by molar-refractivity contribution is -0.122. The van der Waals surface area contributed by atoms with Crippen LogP contribution in [0.3, 0.4) is 0 Å². The first-order valence-corrected chi connectivity index (χ1v) is 12.6. The molecule has 0 aliphatic heterocycles. The normalized spacial score (nSPS) is 16.2. The van der Waals surface area contributed by atoms with E-state index < -0.39 is 19.9 Å². The number of carbonyl (C=O) groups excluding carboxylic acids is 1. The maximum Gasteiger partial charge on any atom is 0.242 e. The highest BCUT2D eigenvalue weighted by molar-refractivity contribution is 7.91. The molecule has 0 unspecified atom stereocenters. The van der Waals surface area contributed by atoms with Crippen molar-refractivity contribution in [3.63, 3.8) is 0 Å². The molecule has 0 bridgehead atoms. The third kappa shape index (κ3) is 6.74. The van der Waals surface area contributed by atoms with Gasteiger partial charge in [-0.05, 0) is 37.0 Å². The van der Waals surface area contributed by atoms with Crippen LogP contribution < -0.4 is 10.0 Å². The minimum Gasteiger partial charge on any atom is -0.355 e. The van der Waals surface area contributed by atoms with E-state index in [-0.39, 0.29) is 33.8 Å². The second kappa shape index (κ2) is 9.36. The number of benzene rings is 1. The van der Waals surface area contributed by atoms with E-state index in [1.54, 1.807) is 0 Å². The lowest BCUT2D eigenvalue weighted by Gasteiger charge is -2.20. The lowest BCUT2D eigenvalue weighted by atomic mass is 9.87. The third-order valence-corrected chi connectivity index (χ3v) is 7.61. The first-order valence-electron chi connectivity index (χ1n) is 8.85. The van der Waals surface area contributed by atoms with Crippen molar-refractivity contribution in [3.8, 4) is 0 Å². The van der Waals surface area contributed by atoms with Crippen molar-refractivity contribution >= 4 is 37.4 Å². The van der Waals surface area contributed by atoms with Gasteiger partial charge in [0.2, 0.25) is 15.9 Å². The topological polar surface area (TPSA) is 109 Å². The summed E-state index contributed by atoms with van der Waals surface area (Å²) in [5.74, 6) is 0.325. The molecule has 2 N–H and O–H groups in total. The fourth-order valence-corrected chi connectivity index (χ4v) is 5.39. The maximum atomic E-state index is 12.4. The molecule has 10 heteroatoms. The Morgan fingerprint density at radius 2 is 1.78 bits per heavy atom. The summed E-state index contributed by atoms with van der Waals surface area (Å²) in [5, 5.41) is 2.64. The Labute approximate surface area is 165 Å². The molecule has 7 nitrogen and oxygen atoms in total. The monoisotopic (exact) mass is 436 g/mol. The standard InChI is InChI=1S/C17H25ClN2O5S2/c1-26(22,23)14-7-8-15(18)16(12-14)27(24,25)20-10-9-19-17(21)11-13-5-3-2-4-6-13/h7-8,12-13,20H,2-6,9-11H2,1H3,(H,19,21). The van der Waals surface area contributed by atoms with Crippen LogP contribution >= 0.6 is 11.6 Å². The Morgan fingerprint density at radius 3 is 2.41 bits per heavy atom. The molecule has 1 aromatic carbocycles. The highest BCUT2D eigenvalue weighted by Crippen LogP contribution is 2.26. The van der Waals surface area contributed by atoms with E-state index in [0.29, 0.717) is 12.3 Å². The summed E-state index contributed by atoms with van der Waals surface area (Å²) in [6.45, 7) is 0.131. The van der Waals surface area contributed by atoms with Crippen molar-refractivity contribution in [2.24, 2.45) is 5.92 Å². The quantitative estimate of drug-likeness (QED) is 0.606. The number of nitrogens with one attached hydrogen (secondary N) is 2. The summed E-state index contributed by atoms with van der Waals surface area (Å²) in [5.41, 5.74) is 0. The zero-order chi connectivity index (χ0) is 20.1. The Hall–Kier alpha value is -1.16. The summed E-state index contributed by atoms with van der Waals surface area (Å²) in [4.78, 5) is 11.5. The van der Waals surface area contributed by atoms with Crippen LogP contribution in [-0.2, 0) is 24.7 Å². The average molecular weight is 437 g/mol. The Balaban J connectivity index is 1.88. The van der Waals surface area contributed by atoms with Crippen molar-refractivity contribution in [2.75, 3.05) is 19.3 Å². The van der Waals surface area contributed by atoms with Gasteiger partial charge in [0, 0.05) is 25.8 Å². The van der Waals surface area contributed by atoms with Gasteiger partial charge in [0.1, 0.15) is 4.90 Å². The minimum atomic E-state index is -4.00. The van der Waals surface area contributed by atoms with Gasteiger partial charge in [-0.1, -0.05) is 30.9 Å². The molecule has 0 heterocycles. The van der Waals surface area contributed by atoms with Crippen molar-refractivity contribution in [3.05, 3.63) is 23.2 Å². The zero-order valence-corrected chi connectivity index (χ0v) is 17.6. The van der Waals surface area contributed by atoms with Crippen molar-refractivity contribution in [1.29, 1.82) is 0 Å². The Bertz CT molecular complexity index is 879. The number of carbonyl (C=O) groups is 1. The summed E-state index contributed by atoms with van der Waals surface area (Å²) in [7, 11) is -7.56. The molecule has 1 saturated carbocycles. The molecule has 1 amide bonds. The summed E-state index contributed by atoms with van der Waals surface area (Å²) >= 11 is 5.92. The highest BCUT2D eigenvalue weighted by atomic mass is 35.5. The molecule has 1 fully saturated rings. The molecule has 0 spiro atoms. The number of amides is 1. The molecule has 2 rings (SSSR count). The van der Waals surface area contributed by atoms with Gasteiger partial charge in [-0.15, -0.1) is 0 Å². The van der Waals surface area contributed by atoms with E-state index in [2.05, 4.69) is 10.0 Å². The number of halogens is 1. The van der Waals surface area contributed by atoms with Gasteiger partial charge in [-0.25, -0.2) is 21.6 Å². The summed E-state index contributed by atoms with van der Waals surface area (Å²) in [6.07, 6.45) is 7.13. The van der Waals surface area contributed by atoms with Gasteiger partial charge in [-0.2, -0.15) is 0 Å². The fraction of sp³-hybridized carbons (Fsp3) is 0.588. The molecule has 0 aromatic heterocycles. The van der Waals surface area contributed by atoms with E-state index in [9.17, 15) is 21.6 Å². The smallest absolute Gasteiger partial charge is 0.242 e. The van der Waals surface area contributed by atoms with E-state index in [1.807, 2.05) is 0 Å². The molecule has 0 atom stereocenters. The second-order valence-electron chi connectivity index (χ2n) is 6.82. The van der Waals surface area contributed by atoms with Gasteiger partial charge in [0.05, 0.1) is 9.92 Å². The maximum absolute atomic E-state index is 12.4. The van der Waals surface area contributed by atoms with E-state index >= 15 is 0 Å². The molecular weight excluding hydrogens is 412 g/mol. The molecule has 0 radical (unpaired) electrons. The van der Waals surface area contributed by atoms with Gasteiger partial charge in [-0.3, -0.25) is 4.79 Å². The van der Waals surface area contributed by atoms with Crippen LogP contribution in [0.15, 0.2) is 28.0 Å². The predicted octanol–water partition coefficient (Wildman–Crippen LogP) is 2.11. The molecule has 152 valence electrons. The van der Waals surface area contributed by atoms with E-state index in [1.165, 1.54) is 18.6 Å². The van der Waals surface area contributed by atoms with Crippen molar-refractivity contribution in [1.82, 2.24) is 10.0 Å². The van der Waals surface area contributed by atoms with Crippen molar-refractivity contribution in [2.45, 2.75) is 48.3 Å². The number of hydrogen-bond acceptors (Lipinski definition) is 5. The predicted molar refractivity (Wildman–Crippen MR) is 104 cm³/mol. The average Bonchev–Trinajstić information content (AvgIpc) is 2.59. The number of sulfonamides is 1. The van der Waals surface area contributed by atoms with Crippen LogP contribution in [0, 0.1) is 5.92 Å². The van der Waals surface area contributed by atoms with E-state index in [4.69, 9.17) is 11.6 Å². The second-order valence-corrected chi connectivity index (χ2v) is 11.0. The zero-order valence-electron chi connectivity index (χ0n) is 15.2. The Kier molecular flexibility index (Phi) is 7.67. The molecule has 27 heavy (non-hydrogen) atoms. The van der Waals surface area contributed by atoms with Gasteiger partial charge in [0.25, 0.3) is 0 Å². The summed E-state index contributed by atoms with van der Waals surface area (Å²) in [6, 6.07) is 3.52. The lowest BCUT2D eigenvalue weighted by Crippen LogP contribution is -2.35. The third-order valence-electron chi connectivity index (χ3n) is 4.56. The highest BCUT2D eigenvalue weighted by Gasteiger charge is 2.21. The first-order chi connectivity index (χ1) is 12.6. The largest absolute Gasteiger partial charge is 0.355 e. The molecule has 1 aromatic rings. The van der Waals surface area contributed by atoms with Crippen LogP contribution in [0.5, 0.6) is 0 Å². The molecule has 1 aliphatic rings. The van der Waals surface area contributed by atoms with E-state index in [0.717, 1.165) is 38.0 Å². The van der Waals surface area contributed by atoms with Crippen LogP contribution in [0.2, 0.25) is 5.02 Å². The molecule has 0 saturated heterocycles. The minimum absolute atomic E-state index is 0.0157. The van der Waals surface area contributed by atoms with Gasteiger partial charge in [0.15, 0.2) is 9.84 Å². The summed E-state index contributed by atoms with van der Waals surface area (Å²) < 4.78 is 50.3. The van der Waals surface area contributed by atoms with Crippen LogP contribution in [0.1, 0.15) is 38.5 Å². The van der Waals surface area contributed by atoms with Gasteiger partial charge >= 0.3 is 0 Å². The van der Waals surface area contributed by atoms with Crippen LogP contribution in [0.4, 0.5) is 0 Å². The van der Waals surface area contributed by atoms with Crippen molar-refractivity contribution < 1.29 is 21.6 Å². The molecule has 1 aliphatic carbocycles. The number of rotatable bonds is 8. The molecular formula is C17H25ClN2O5S2. The SMILES string of the molecule is CS(=O)(=O)c1ccc(Cl)c(S(=O)(=O)NCCNC(=O)CC2CCCCC2)c1.